The highest BCUT2D eigenvalue weighted by atomic mass is 79.9. The number of rotatable bonds is 8. The Morgan fingerprint density at radius 1 is 1.52 bits per heavy atom. The number of methoxy groups -OCH3 is 2. The standard InChI is InChI=1S/C17H25BrO5/c1-12(6-7-13(21-2)5-4-8-18)9-15(19)16-10-14(22-3)11-17(20)23-16/h4,6-9,13-16,19H,5,10-11H2,1-3H3/b7-6+,8-4+,12-9+/t13-,14-,15+,16-/m1/s1. The first-order valence-electron chi connectivity index (χ1n) is 7.55. The summed E-state index contributed by atoms with van der Waals surface area (Å²) in [5, 5.41) is 10.2. The lowest BCUT2D eigenvalue weighted by atomic mass is 9.99. The van der Waals surface area contributed by atoms with Crippen LogP contribution in [-0.4, -0.2) is 49.7 Å². The van der Waals surface area contributed by atoms with Crippen LogP contribution in [0.15, 0.2) is 34.9 Å². The predicted molar refractivity (Wildman–Crippen MR) is 92.3 cm³/mol. The summed E-state index contributed by atoms with van der Waals surface area (Å²) in [7, 11) is 3.21. The second-order valence-corrected chi connectivity index (χ2v) is 5.99. The monoisotopic (exact) mass is 388 g/mol. The van der Waals surface area contributed by atoms with Crippen molar-refractivity contribution in [3.8, 4) is 0 Å². The molecular formula is C17H25BrO5. The fraction of sp³-hybridized carbons (Fsp3) is 0.588. The highest BCUT2D eigenvalue weighted by Gasteiger charge is 2.32. The summed E-state index contributed by atoms with van der Waals surface area (Å²) in [5.41, 5.74) is 0.873. The quantitative estimate of drug-likeness (QED) is 0.511. The van der Waals surface area contributed by atoms with Gasteiger partial charge in [0.05, 0.1) is 18.6 Å². The summed E-state index contributed by atoms with van der Waals surface area (Å²) in [4.78, 5) is 13.3. The molecule has 1 aliphatic heterocycles. The molecule has 4 atom stereocenters. The van der Waals surface area contributed by atoms with Crippen molar-refractivity contribution in [2.24, 2.45) is 0 Å². The van der Waals surface area contributed by atoms with Gasteiger partial charge in [0.15, 0.2) is 0 Å². The average Bonchev–Trinajstić information content (AvgIpc) is 2.54. The van der Waals surface area contributed by atoms with Gasteiger partial charge in [0.2, 0.25) is 0 Å². The average molecular weight is 389 g/mol. The molecule has 0 amide bonds. The maximum absolute atomic E-state index is 11.5. The van der Waals surface area contributed by atoms with E-state index in [1.807, 2.05) is 25.2 Å². The summed E-state index contributed by atoms with van der Waals surface area (Å²) in [6.07, 6.45) is 7.27. The lowest BCUT2D eigenvalue weighted by molar-refractivity contribution is -0.167. The highest BCUT2D eigenvalue weighted by molar-refractivity contribution is 9.11. The number of cyclic esters (lactones) is 1. The molecule has 1 rings (SSSR count). The Balaban J connectivity index is 2.63. The molecule has 5 nitrogen and oxygen atoms in total. The first-order valence-corrected chi connectivity index (χ1v) is 8.46. The van der Waals surface area contributed by atoms with Crippen molar-refractivity contribution in [3.05, 3.63) is 34.9 Å². The molecule has 0 radical (unpaired) electrons. The van der Waals surface area contributed by atoms with E-state index in [-0.39, 0.29) is 24.6 Å². The SMILES string of the molecule is CO[C@H]1CC(=O)O[C@@H]([C@@H](O)/C=C(C)/C=C/[C@@H](C/C=C/Br)OC)C1. The summed E-state index contributed by atoms with van der Waals surface area (Å²) < 4.78 is 15.7. The Hall–Kier alpha value is -0.950. The molecule has 1 saturated heterocycles. The van der Waals surface area contributed by atoms with Crippen LogP contribution in [0.3, 0.4) is 0 Å². The van der Waals surface area contributed by atoms with Gasteiger partial charge in [0.1, 0.15) is 12.2 Å². The summed E-state index contributed by atoms with van der Waals surface area (Å²) >= 11 is 3.22. The van der Waals surface area contributed by atoms with E-state index in [1.54, 1.807) is 25.3 Å². The van der Waals surface area contributed by atoms with E-state index >= 15 is 0 Å². The number of aliphatic hydroxyl groups excluding tert-OH is 1. The lowest BCUT2D eigenvalue weighted by Gasteiger charge is -2.30. The summed E-state index contributed by atoms with van der Waals surface area (Å²) in [5.74, 6) is -0.338. The summed E-state index contributed by atoms with van der Waals surface area (Å²) in [6, 6.07) is 0. The minimum absolute atomic E-state index is 0.0327. The van der Waals surface area contributed by atoms with Crippen LogP contribution in [-0.2, 0) is 19.0 Å². The molecule has 1 fully saturated rings. The van der Waals surface area contributed by atoms with Crippen molar-refractivity contribution >= 4 is 21.9 Å². The molecule has 130 valence electrons. The zero-order chi connectivity index (χ0) is 17.2. The summed E-state index contributed by atoms with van der Waals surface area (Å²) in [6.45, 7) is 1.88. The van der Waals surface area contributed by atoms with Crippen LogP contribution in [0.25, 0.3) is 0 Å². The molecule has 0 saturated carbocycles. The molecule has 0 spiro atoms. The molecule has 1 heterocycles. The van der Waals surface area contributed by atoms with Crippen LogP contribution in [0, 0.1) is 0 Å². The maximum atomic E-state index is 11.5. The molecule has 0 bridgehead atoms. The van der Waals surface area contributed by atoms with E-state index in [2.05, 4.69) is 15.9 Å². The number of esters is 1. The van der Waals surface area contributed by atoms with E-state index in [1.165, 1.54) is 0 Å². The molecular weight excluding hydrogens is 364 g/mol. The fourth-order valence-corrected chi connectivity index (χ4v) is 2.53. The Bertz CT molecular complexity index is 458. The number of halogens is 1. The Kier molecular flexibility index (Phi) is 9.40. The fourth-order valence-electron chi connectivity index (χ4n) is 2.31. The zero-order valence-corrected chi connectivity index (χ0v) is 15.4. The van der Waals surface area contributed by atoms with Gasteiger partial charge in [-0.15, -0.1) is 0 Å². The first kappa shape index (κ1) is 20.1. The van der Waals surface area contributed by atoms with Crippen LogP contribution in [0.1, 0.15) is 26.2 Å². The second kappa shape index (κ2) is 10.8. The van der Waals surface area contributed by atoms with Crippen molar-refractivity contribution in [3.63, 3.8) is 0 Å². The van der Waals surface area contributed by atoms with Gasteiger partial charge in [-0.1, -0.05) is 39.7 Å². The molecule has 1 aliphatic rings. The van der Waals surface area contributed by atoms with Crippen LogP contribution in [0.5, 0.6) is 0 Å². The van der Waals surface area contributed by atoms with Gasteiger partial charge in [-0.05, 0) is 24.4 Å². The molecule has 0 aromatic carbocycles. The zero-order valence-electron chi connectivity index (χ0n) is 13.8. The smallest absolute Gasteiger partial charge is 0.308 e. The van der Waals surface area contributed by atoms with Gasteiger partial charge < -0.3 is 19.3 Å². The molecule has 6 heteroatoms. The van der Waals surface area contributed by atoms with Gasteiger partial charge >= 0.3 is 5.97 Å². The van der Waals surface area contributed by atoms with Gasteiger partial charge in [-0.2, -0.15) is 0 Å². The van der Waals surface area contributed by atoms with Crippen molar-refractivity contribution in [2.45, 2.75) is 50.6 Å². The normalized spacial score (nSPS) is 25.8. The number of hydrogen-bond donors (Lipinski definition) is 1. The predicted octanol–water partition coefficient (Wildman–Crippen LogP) is 2.88. The number of carbonyl (C=O) groups is 1. The highest BCUT2D eigenvalue weighted by Crippen LogP contribution is 2.21. The topological polar surface area (TPSA) is 65.0 Å². The van der Waals surface area contributed by atoms with Crippen molar-refractivity contribution in [1.82, 2.24) is 0 Å². The van der Waals surface area contributed by atoms with Crippen molar-refractivity contribution < 1.29 is 24.1 Å². The number of aliphatic hydroxyl groups is 1. The van der Waals surface area contributed by atoms with Crippen LogP contribution in [0.2, 0.25) is 0 Å². The third-order valence-electron chi connectivity index (χ3n) is 3.65. The third kappa shape index (κ3) is 7.44. The van der Waals surface area contributed by atoms with Gasteiger partial charge in [0.25, 0.3) is 0 Å². The van der Waals surface area contributed by atoms with E-state index in [4.69, 9.17) is 14.2 Å². The van der Waals surface area contributed by atoms with Crippen molar-refractivity contribution in [1.29, 1.82) is 0 Å². The third-order valence-corrected chi connectivity index (χ3v) is 4.03. The van der Waals surface area contributed by atoms with E-state index in [0.717, 1.165) is 12.0 Å². The van der Waals surface area contributed by atoms with Gasteiger partial charge in [0, 0.05) is 20.6 Å². The Morgan fingerprint density at radius 2 is 2.26 bits per heavy atom. The molecule has 0 aliphatic carbocycles. The number of allylic oxidation sites excluding steroid dienone is 2. The Morgan fingerprint density at radius 3 is 2.87 bits per heavy atom. The largest absolute Gasteiger partial charge is 0.459 e. The van der Waals surface area contributed by atoms with Crippen LogP contribution < -0.4 is 0 Å². The Labute approximate surface area is 146 Å². The van der Waals surface area contributed by atoms with Gasteiger partial charge in [-0.25, -0.2) is 0 Å². The first-order chi connectivity index (χ1) is 11.0. The molecule has 0 aromatic rings. The molecule has 23 heavy (non-hydrogen) atoms. The van der Waals surface area contributed by atoms with E-state index in [0.29, 0.717) is 6.42 Å². The van der Waals surface area contributed by atoms with Crippen LogP contribution in [0.4, 0.5) is 0 Å². The maximum Gasteiger partial charge on any atom is 0.308 e. The number of ether oxygens (including phenoxy) is 3. The minimum Gasteiger partial charge on any atom is -0.459 e. The molecule has 1 N–H and O–H groups in total. The van der Waals surface area contributed by atoms with E-state index < -0.39 is 12.2 Å². The molecule has 0 unspecified atom stereocenters. The second-order valence-electron chi connectivity index (χ2n) is 5.46. The lowest BCUT2D eigenvalue weighted by Crippen LogP contribution is -2.40. The number of carbonyl (C=O) groups excluding carboxylic acids is 1. The minimum atomic E-state index is -0.856. The number of hydrogen-bond acceptors (Lipinski definition) is 5. The van der Waals surface area contributed by atoms with E-state index in [9.17, 15) is 9.90 Å². The molecule has 0 aromatic heterocycles. The van der Waals surface area contributed by atoms with Crippen molar-refractivity contribution in [2.75, 3.05) is 14.2 Å². The van der Waals surface area contributed by atoms with Crippen LogP contribution >= 0.6 is 15.9 Å². The van der Waals surface area contributed by atoms with Gasteiger partial charge in [-0.3, -0.25) is 4.79 Å².